The topological polar surface area (TPSA) is 74.6 Å². The number of unbranched alkanes of at least 4 members (excludes halogenated alkanes) is 20. The van der Waals surface area contributed by atoms with Crippen LogP contribution in [0.2, 0.25) is 0 Å². The Labute approximate surface area is 228 Å². The number of carboxylic acid groups (broad SMARTS) is 2. The molecule has 0 heterocycles. The molecule has 0 amide bonds. The standard InChI is InChI=1S/2C14H28O2.Na.H/c2*1-2-3-4-5-6-7-8-9-10-11-12-13-14(15)16;;/h2*2-13H2,1H3,(H,15,16);;. The van der Waals surface area contributed by atoms with Crippen LogP contribution in [0.1, 0.15) is 168 Å². The average molecular weight is 481 g/mol. The first-order valence-corrected chi connectivity index (χ1v) is 14.0. The number of rotatable bonds is 24. The zero-order valence-corrected chi connectivity index (χ0v) is 21.7. The molecular formula is C28H57NaO4. The fourth-order valence-corrected chi connectivity index (χ4v) is 3.88. The average Bonchev–Trinajstić information content (AvgIpc) is 2.76. The summed E-state index contributed by atoms with van der Waals surface area (Å²) in [6, 6.07) is 0. The molecule has 0 radical (unpaired) electrons. The van der Waals surface area contributed by atoms with Gasteiger partial charge in [0, 0.05) is 12.8 Å². The predicted octanol–water partition coefficient (Wildman–Crippen LogP) is 8.90. The van der Waals surface area contributed by atoms with Gasteiger partial charge in [-0.2, -0.15) is 0 Å². The van der Waals surface area contributed by atoms with Crippen LogP contribution in [-0.4, -0.2) is 51.7 Å². The molecule has 0 aliphatic rings. The molecule has 0 atom stereocenters. The molecule has 33 heavy (non-hydrogen) atoms. The number of hydrogen-bond acceptors (Lipinski definition) is 2. The number of carboxylic acids is 2. The molecule has 0 saturated heterocycles. The van der Waals surface area contributed by atoms with Crippen LogP contribution in [0.4, 0.5) is 0 Å². The second-order valence-electron chi connectivity index (χ2n) is 9.36. The zero-order valence-electron chi connectivity index (χ0n) is 21.7. The zero-order chi connectivity index (χ0) is 24.1. The third-order valence-corrected chi connectivity index (χ3v) is 5.99. The van der Waals surface area contributed by atoms with Gasteiger partial charge >= 0.3 is 41.5 Å². The minimum absolute atomic E-state index is 0. The molecule has 4 nitrogen and oxygen atoms in total. The van der Waals surface area contributed by atoms with E-state index in [0.717, 1.165) is 25.7 Å². The summed E-state index contributed by atoms with van der Waals surface area (Å²) < 4.78 is 0. The second-order valence-corrected chi connectivity index (χ2v) is 9.36. The number of aliphatic carboxylic acids is 2. The van der Waals surface area contributed by atoms with Crippen molar-refractivity contribution in [2.24, 2.45) is 0 Å². The Morgan fingerprint density at radius 3 is 0.758 bits per heavy atom. The van der Waals surface area contributed by atoms with Gasteiger partial charge in [-0.3, -0.25) is 9.59 Å². The van der Waals surface area contributed by atoms with Gasteiger partial charge in [0.15, 0.2) is 0 Å². The van der Waals surface area contributed by atoms with Crippen LogP contribution in [0.5, 0.6) is 0 Å². The van der Waals surface area contributed by atoms with Crippen LogP contribution in [0.25, 0.3) is 0 Å². The molecule has 0 fully saturated rings. The van der Waals surface area contributed by atoms with Gasteiger partial charge in [-0.15, -0.1) is 0 Å². The summed E-state index contributed by atoms with van der Waals surface area (Å²) >= 11 is 0. The minimum atomic E-state index is -0.657. The predicted molar refractivity (Wildman–Crippen MR) is 145 cm³/mol. The van der Waals surface area contributed by atoms with E-state index in [0.29, 0.717) is 12.8 Å². The molecule has 0 aromatic carbocycles. The van der Waals surface area contributed by atoms with E-state index in [1.807, 2.05) is 0 Å². The van der Waals surface area contributed by atoms with Crippen molar-refractivity contribution < 1.29 is 19.8 Å². The Balaban J connectivity index is -0.000000529. The molecule has 5 heteroatoms. The van der Waals surface area contributed by atoms with Gasteiger partial charge in [0.25, 0.3) is 0 Å². The van der Waals surface area contributed by atoms with E-state index in [4.69, 9.17) is 10.2 Å². The SMILES string of the molecule is CCCCCCCCCCCCCC(=O)O.CCCCCCCCCCCCCC(=O)O.[NaH]. The molecule has 194 valence electrons. The quantitative estimate of drug-likeness (QED) is 0.107. The first-order chi connectivity index (χ1) is 15.5. The fraction of sp³-hybridized carbons (Fsp3) is 0.929. The summed E-state index contributed by atoms with van der Waals surface area (Å²) in [4.78, 5) is 20.5. The van der Waals surface area contributed by atoms with E-state index in [-0.39, 0.29) is 29.6 Å². The van der Waals surface area contributed by atoms with Crippen LogP contribution >= 0.6 is 0 Å². The molecule has 0 aromatic rings. The Hall–Kier alpha value is -0.0600. The number of hydrogen-bond donors (Lipinski definition) is 2. The van der Waals surface area contributed by atoms with Crippen LogP contribution in [-0.2, 0) is 9.59 Å². The van der Waals surface area contributed by atoms with E-state index in [2.05, 4.69) is 13.8 Å². The number of carbonyl (C=O) groups is 2. The van der Waals surface area contributed by atoms with E-state index >= 15 is 0 Å². The Morgan fingerprint density at radius 1 is 0.394 bits per heavy atom. The van der Waals surface area contributed by atoms with Crippen LogP contribution < -0.4 is 0 Å². The van der Waals surface area contributed by atoms with Gasteiger partial charge in [0.1, 0.15) is 0 Å². The van der Waals surface area contributed by atoms with Crippen molar-refractivity contribution in [1.29, 1.82) is 0 Å². The molecule has 2 N–H and O–H groups in total. The molecule has 0 spiro atoms. The van der Waals surface area contributed by atoms with Crippen molar-refractivity contribution in [3.05, 3.63) is 0 Å². The third kappa shape index (κ3) is 42.5. The summed E-state index contributed by atoms with van der Waals surface area (Å²) in [6.07, 6.45) is 28.7. The van der Waals surface area contributed by atoms with Crippen LogP contribution in [0.3, 0.4) is 0 Å². The van der Waals surface area contributed by atoms with E-state index in [1.165, 1.54) is 116 Å². The summed E-state index contributed by atoms with van der Waals surface area (Å²) in [5, 5.41) is 16.9. The molecule has 0 saturated carbocycles. The van der Waals surface area contributed by atoms with Crippen molar-refractivity contribution in [1.82, 2.24) is 0 Å². The van der Waals surface area contributed by atoms with E-state index in [9.17, 15) is 9.59 Å². The Bertz CT molecular complexity index is 352. The van der Waals surface area contributed by atoms with E-state index < -0.39 is 11.9 Å². The molecule has 0 aliphatic heterocycles. The van der Waals surface area contributed by atoms with Crippen molar-refractivity contribution in [3.8, 4) is 0 Å². The van der Waals surface area contributed by atoms with Crippen molar-refractivity contribution >= 4 is 41.5 Å². The van der Waals surface area contributed by atoms with Gasteiger partial charge in [0.2, 0.25) is 0 Å². The Kier molecular flexibility index (Phi) is 38.7. The monoisotopic (exact) mass is 480 g/mol. The van der Waals surface area contributed by atoms with Gasteiger partial charge in [0.05, 0.1) is 0 Å². The van der Waals surface area contributed by atoms with Crippen molar-refractivity contribution in [3.63, 3.8) is 0 Å². The third-order valence-electron chi connectivity index (χ3n) is 5.99. The molecule has 0 aliphatic carbocycles. The van der Waals surface area contributed by atoms with E-state index in [1.54, 1.807) is 0 Å². The van der Waals surface area contributed by atoms with Crippen LogP contribution in [0, 0.1) is 0 Å². The van der Waals surface area contributed by atoms with Gasteiger partial charge in [-0.1, -0.05) is 142 Å². The fourth-order valence-electron chi connectivity index (χ4n) is 3.88. The first kappa shape index (κ1) is 37.5. The second kappa shape index (κ2) is 34.1. The van der Waals surface area contributed by atoms with Crippen LogP contribution in [0.15, 0.2) is 0 Å². The molecule has 0 unspecified atom stereocenters. The first-order valence-electron chi connectivity index (χ1n) is 14.0. The Morgan fingerprint density at radius 2 is 0.576 bits per heavy atom. The van der Waals surface area contributed by atoms with Gasteiger partial charge in [-0.05, 0) is 12.8 Å². The normalized spacial score (nSPS) is 10.2. The maximum absolute atomic E-state index is 10.3. The summed E-state index contributed by atoms with van der Waals surface area (Å²) in [6.45, 7) is 4.49. The van der Waals surface area contributed by atoms with Crippen molar-refractivity contribution in [2.75, 3.05) is 0 Å². The van der Waals surface area contributed by atoms with Crippen molar-refractivity contribution in [2.45, 2.75) is 168 Å². The van der Waals surface area contributed by atoms with Gasteiger partial charge in [-0.25, -0.2) is 0 Å². The summed E-state index contributed by atoms with van der Waals surface area (Å²) in [5.74, 6) is -1.31. The summed E-state index contributed by atoms with van der Waals surface area (Å²) in [5.41, 5.74) is 0. The molecule has 0 rings (SSSR count). The molecular weight excluding hydrogens is 423 g/mol. The van der Waals surface area contributed by atoms with Gasteiger partial charge < -0.3 is 10.2 Å². The maximum atomic E-state index is 10.3. The molecule has 0 bridgehead atoms. The molecule has 0 aromatic heterocycles. The summed E-state index contributed by atoms with van der Waals surface area (Å²) in [7, 11) is 0.